The highest BCUT2D eigenvalue weighted by atomic mass is 16.2. The monoisotopic (exact) mass is 532 g/mol. The number of imide groups is 2. The minimum Gasteiger partial charge on any atom is -0.354 e. The molecule has 0 aliphatic carbocycles. The van der Waals surface area contributed by atoms with Crippen LogP contribution in [0.15, 0.2) is 24.3 Å². The van der Waals surface area contributed by atoms with Crippen molar-refractivity contribution in [3.05, 3.63) is 24.3 Å². The van der Waals surface area contributed by atoms with Crippen LogP contribution in [-0.4, -0.2) is 96.3 Å². The Morgan fingerprint density at radius 1 is 0.579 bits per heavy atom. The lowest BCUT2D eigenvalue weighted by atomic mass is 10.0. The minimum absolute atomic E-state index is 0.0181. The van der Waals surface area contributed by atoms with Crippen molar-refractivity contribution in [1.82, 2.24) is 31.1 Å². The molecule has 14 nitrogen and oxygen atoms in total. The zero-order valence-corrected chi connectivity index (χ0v) is 21.1. The summed E-state index contributed by atoms with van der Waals surface area (Å²) in [5.41, 5.74) is 0. The summed E-state index contributed by atoms with van der Waals surface area (Å²) in [4.78, 5) is 95.4. The fraction of sp³-hybridized carbons (Fsp3) is 0.500. The van der Waals surface area contributed by atoms with Crippen molar-refractivity contribution in [3.63, 3.8) is 0 Å². The lowest BCUT2D eigenvalue weighted by molar-refractivity contribution is -0.139. The van der Waals surface area contributed by atoms with Gasteiger partial charge in [0, 0.05) is 89.3 Å². The van der Waals surface area contributed by atoms with Gasteiger partial charge in [-0.2, -0.15) is 0 Å². The Hall–Kier alpha value is -4.36. The molecule has 0 aromatic carbocycles. The molecule has 8 amide bonds. The molecular formula is C24H32N6O8. The molecule has 0 unspecified atom stereocenters. The maximum Gasteiger partial charge on any atom is 0.253 e. The molecule has 0 saturated carbocycles. The third-order valence-corrected chi connectivity index (χ3v) is 5.53. The standard InChI is InChI=1S/C24H32N6O8/c1-16(14-19(33)27-10-8-25-17(31)6-12-29-21(35)2-3-22(29)36)15-20(34)28-11-9-26-18(32)7-13-30-23(37)4-5-24(30)38/h2-5,16H,6-15H2,1H3,(H,25,31)(H,26,32)(H,27,33)(H,28,34). The molecule has 2 aliphatic heterocycles. The molecule has 0 saturated heterocycles. The van der Waals surface area contributed by atoms with Crippen LogP contribution < -0.4 is 21.3 Å². The van der Waals surface area contributed by atoms with E-state index in [0.29, 0.717) is 0 Å². The fourth-order valence-corrected chi connectivity index (χ4v) is 3.56. The second-order valence-electron chi connectivity index (χ2n) is 8.74. The highest BCUT2D eigenvalue weighted by molar-refractivity contribution is 6.13. The molecule has 38 heavy (non-hydrogen) atoms. The number of hydrogen-bond donors (Lipinski definition) is 4. The summed E-state index contributed by atoms with van der Waals surface area (Å²) in [5, 5.41) is 10.5. The van der Waals surface area contributed by atoms with E-state index in [1.165, 1.54) is 0 Å². The first-order valence-electron chi connectivity index (χ1n) is 12.2. The second kappa shape index (κ2) is 15.0. The van der Waals surface area contributed by atoms with Crippen LogP contribution in [0.4, 0.5) is 0 Å². The fourth-order valence-electron chi connectivity index (χ4n) is 3.56. The Morgan fingerprint density at radius 3 is 1.18 bits per heavy atom. The molecule has 4 N–H and O–H groups in total. The molecular weight excluding hydrogens is 500 g/mol. The maximum absolute atomic E-state index is 12.0. The average molecular weight is 533 g/mol. The molecule has 0 aromatic rings. The minimum atomic E-state index is -0.453. The molecule has 2 heterocycles. The smallest absolute Gasteiger partial charge is 0.253 e. The van der Waals surface area contributed by atoms with E-state index in [-0.39, 0.29) is 94.5 Å². The van der Waals surface area contributed by atoms with Gasteiger partial charge in [0.1, 0.15) is 0 Å². The van der Waals surface area contributed by atoms with Crippen molar-refractivity contribution in [1.29, 1.82) is 0 Å². The van der Waals surface area contributed by atoms with Crippen molar-refractivity contribution >= 4 is 47.3 Å². The summed E-state index contributed by atoms with van der Waals surface area (Å²) in [5.74, 6) is -3.34. The first-order chi connectivity index (χ1) is 18.1. The first kappa shape index (κ1) is 29.9. The number of nitrogens with zero attached hydrogens (tertiary/aromatic N) is 2. The lowest BCUT2D eigenvalue weighted by Gasteiger charge is -2.14. The van der Waals surface area contributed by atoms with Crippen molar-refractivity contribution < 1.29 is 38.4 Å². The van der Waals surface area contributed by atoms with Gasteiger partial charge in [-0.05, 0) is 5.92 Å². The summed E-state index contributed by atoms with van der Waals surface area (Å²) in [6.45, 7) is 2.42. The normalized spacial score (nSPS) is 14.5. The lowest BCUT2D eigenvalue weighted by Crippen LogP contribution is -2.38. The molecule has 0 fully saturated rings. The van der Waals surface area contributed by atoms with Crippen LogP contribution in [0.2, 0.25) is 0 Å². The van der Waals surface area contributed by atoms with Gasteiger partial charge in [-0.1, -0.05) is 6.92 Å². The van der Waals surface area contributed by atoms with Gasteiger partial charge in [-0.3, -0.25) is 48.2 Å². The van der Waals surface area contributed by atoms with Crippen LogP contribution in [0.5, 0.6) is 0 Å². The number of carbonyl (C=O) groups is 8. The van der Waals surface area contributed by atoms with Gasteiger partial charge in [0.15, 0.2) is 0 Å². The van der Waals surface area contributed by atoms with Crippen molar-refractivity contribution in [2.45, 2.75) is 32.6 Å². The molecule has 206 valence electrons. The van der Waals surface area contributed by atoms with Crippen molar-refractivity contribution in [2.24, 2.45) is 5.92 Å². The van der Waals surface area contributed by atoms with Crippen LogP contribution in [0.3, 0.4) is 0 Å². The zero-order chi connectivity index (χ0) is 28.1. The van der Waals surface area contributed by atoms with Gasteiger partial charge in [-0.15, -0.1) is 0 Å². The summed E-state index contributed by atoms with van der Waals surface area (Å²) >= 11 is 0. The van der Waals surface area contributed by atoms with Crippen LogP contribution >= 0.6 is 0 Å². The maximum atomic E-state index is 12.0. The Kier molecular flexibility index (Phi) is 11.8. The molecule has 0 spiro atoms. The molecule has 0 aromatic heterocycles. The van der Waals surface area contributed by atoms with E-state index < -0.39 is 23.6 Å². The quantitative estimate of drug-likeness (QED) is 0.124. The van der Waals surface area contributed by atoms with E-state index in [2.05, 4.69) is 21.3 Å². The highest BCUT2D eigenvalue weighted by Crippen LogP contribution is 2.07. The number of nitrogens with one attached hydrogen (secondary N) is 4. The molecule has 2 rings (SSSR count). The van der Waals surface area contributed by atoms with Crippen molar-refractivity contribution in [3.8, 4) is 0 Å². The average Bonchev–Trinajstić information content (AvgIpc) is 3.35. The molecule has 0 atom stereocenters. The van der Waals surface area contributed by atoms with E-state index in [4.69, 9.17) is 0 Å². The van der Waals surface area contributed by atoms with Gasteiger partial charge in [0.05, 0.1) is 0 Å². The molecule has 0 radical (unpaired) electrons. The highest BCUT2D eigenvalue weighted by Gasteiger charge is 2.24. The first-order valence-corrected chi connectivity index (χ1v) is 12.2. The Labute approximate surface area is 219 Å². The van der Waals surface area contributed by atoms with Crippen LogP contribution in [-0.2, 0) is 38.4 Å². The summed E-state index contributed by atoms with van der Waals surface area (Å²) in [6, 6.07) is 0. The van der Waals surface area contributed by atoms with Gasteiger partial charge < -0.3 is 21.3 Å². The predicted octanol–water partition coefficient (Wildman–Crippen LogP) is -2.50. The van der Waals surface area contributed by atoms with E-state index >= 15 is 0 Å². The molecule has 14 heteroatoms. The van der Waals surface area contributed by atoms with Crippen LogP contribution in [0.1, 0.15) is 32.6 Å². The van der Waals surface area contributed by atoms with Gasteiger partial charge in [0.25, 0.3) is 23.6 Å². The molecule has 0 bridgehead atoms. The number of rotatable bonds is 16. The predicted molar refractivity (Wildman–Crippen MR) is 131 cm³/mol. The largest absolute Gasteiger partial charge is 0.354 e. The van der Waals surface area contributed by atoms with E-state index in [1.54, 1.807) is 6.92 Å². The van der Waals surface area contributed by atoms with Crippen LogP contribution in [0.25, 0.3) is 0 Å². The Bertz CT molecular complexity index is 921. The third kappa shape index (κ3) is 10.3. The third-order valence-electron chi connectivity index (χ3n) is 5.53. The van der Waals surface area contributed by atoms with E-state index in [1.807, 2.05) is 0 Å². The van der Waals surface area contributed by atoms with E-state index in [0.717, 1.165) is 34.1 Å². The summed E-state index contributed by atoms with van der Waals surface area (Å²) in [7, 11) is 0. The van der Waals surface area contributed by atoms with Crippen LogP contribution in [0, 0.1) is 5.92 Å². The van der Waals surface area contributed by atoms with Gasteiger partial charge in [-0.25, -0.2) is 0 Å². The summed E-state index contributed by atoms with van der Waals surface area (Å²) < 4.78 is 0. The number of amides is 8. The number of hydrogen-bond acceptors (Lipinski definition) is 8. The second-order valence-corrected chi connectivity index (χ2v) is 8.74. The van der Waals surface area contributed by atoms with Gasteiger partial charge >= 0.3 is 0 Å². The zero-order valence-electron chi connectivity index (χ0n) is 21.1. The van der Waals surface area contributed by atoms with Gasteiger partial charge in [0.2, 0.25) is 23.6 Å². The Balaban J connectivity index is 1.47. The number of carbonyl (C=O) groups excluding carboxylic acids is 8. The van der Waals surface area contributed by atoms with E-state index in [9.17, 15) is 38.4 Å². The SMILES string of the molecule is CC(CC(=O)NCCNC(=O)CCN1C(=O)C=CC1=O)CC(=O)NCCNC(=O)CCN1C(=O)C=CC1=O. The topological polar surface area (TPSA) is 191 Å². The molecule has 2 aliphatic rings. The van der Waals surface area contributed by atoms with Crippen molar-refractivity contribution in [2.75, 3.05) is 39.3 Å². The Morgan fingerprint density at radius 2 is 0.868 bits per heavy atom. The summed E-state index contributed by atoms with van der Waals surface area (Å²) in [6.07, 6.45) is 4.71.